The minimum absolute atomic E-state index is 0.0881. The molecule has 188 valence electrons. The fourth-order valence-electron chi connectivity index (χ4n) is 4.42. The first-order valence-electron chi connectivity index (χ1n) is 12.3. The van der Waals surface area contributed by atoms with Crippen molar-refractivity contribution in [2.24, 2.45) is 5.92 Å². The first-order valence-corrected chi connectivity index (χ1v) is 12.3. The lowest BCUT2D eigenvalue weighted by molar-refractivity contribution is 0.0383. The van der Waals surface area contributed by atoms with Gasteiger partial charge in [0.2, 0.25) is 0 Å². The third-order valence-electron chi connectivity index (χ3n) is 6.56. The second-order valence-corrected chi connectivity index (χ2v) is 9.17. The van der Waals surface area contributed by atoms with Crippen molar-refractivity contribution in [2.75, 3.05) is 68.0 Å². The van der Waals surface area contributed by atoms with Crippen LogP contribution in [0.5, 0.6) is 0 Å². The number of anilines is 3. The van der Waals surface area contributed by atoms with Crippen molar-refractivity contribution in [2.45, 2.75) is 19.8 Å². The topological polar surface area (TPSA) is 85.9 Å². The van der Waals surface area contributed by atoms with Gasteiger partial charge in [0, 0.05) is 50.6 Å². The Morgan fingerprint density at radius 1 is 1.03 bits per heavy atom. The van der Waals surface area contributed by atoms with E-state index >= 15 is 0 Å². The largest absolute Gasteiger partial charge is 0.379 e. The second-order valence-electron chi connectivity index (χ2n) is 9.17. The number of rotatable bonds is 7. The van der Waals surface area contributed by atoms with E-state index in [9.17, 15) is 14.0 Å². The molecule has 2 aliphatic heterocycles. The smallest absolute Gasteiger partial charge is 0.323 e. The minimum Gasteiger partial charge on any atom is -0.379 e. The van der Waals surface area contributed by atoms with E-state index in [2.05, 4.69) is 32.7 Å². The number of piperidine rings is 1. The van der Waals surface area contributed by atoms with Gasteiger partial charge in [0.25, 0.3) is 5.91 Å². The van der Waals surface area contributed by atoms with Crippen LogP contribution in [0.4, 0.5) is 26.2 Å². The Kier molecular flexibility index (Phi) is 8.54. The number of morpholine rings is 1. The van der Waals surface area contributed by atoms with E-state index < -0.39 is 11.8 Å². The van der Waals surface area contributed by atoms with Crippen molar-refractivity contribution in [1.29, 1.82) is 0 Å². The average molecular weight is 484 g/mol. The lowest BCUT2D eigenvalue weighted by Crippen LogP contribution is -2.41. The van der Waals surface area contributed by atoms with Gasteiger partial charge in [0.1, 0.15) is 5.82 Å². The van der Waals surface area contributed by atoms with Crippen LogP contribution in [-0.4, -0.2) is 69.3 Å². The van der Waals surface area contributed by atoms with Crippen molar-refractivity contribution in [3.63, 3.8) is 0 Å². The molecule has 2 aromatic carbocycles. The molecular weight excluding hydrogens is 449 g/mol. The summed E-state index contributed by atoms with van der Waals surface area (Å²) in [7, 11) is 0. The molecule has 2 fully saturated rings. The molecule has 0 aliphatic carbocycles. The van der Waals surface area contributed by atoms with Crippen molar-refractivity contribution in [1.82, 2.24) is 10.2 Å². The zero-order valence-corrected chi connectivity index (χ0v) is 20.2. The van der Waals surface area contributed by atoms with Gasteiger partial charge >= 0.3 is 6.03 Å². The van der Waals surface area contributed by atoms with Crippen LogP contribution in [0.2, 0.25) is 0 Å². The molecule has 35 heavy (non-hydrogen) atoms. The summed E-state index contributed by atoms with van der Waals surface area (Å²) < 4.78 is 19.3. The number of para-hydroxylation sites is 1. The van der Waals surface area contributed by atoms with Crippen molar-refractivity contribution in [3.8, 4) is 0 Å². The summed E-state index contributed by atoms with van der Waals surface area (Å²) >= 11 is 0. The van der Waals surface area contributed by atoms with Crippen LogP contribution in [0.15, 0.2) is 42.5 Å². The molecule has 4 rings (SSSR count). The first kappa shape index (κ1) is 24.9. The summed E-state index contributed by atoms with van der Waals surface area (Å²) in [5, 5.41) is 8.27. The number of halogens is 1. The molecule has 0 unspecified atom stereocenters. The quantitative estimate of drug-likeness (QED) is 0.558. The van der Waals surface area contributed by atoms with Crippen molar-refractivity contribution < 1.29 is 18.7 Å². The molecule has 3 amide bonds. The van der Waals surface area contributed by atoms with Gasteiger partial charge < -0.3 is 25.6 Å². The molecule has 2 saturated heterocycles. The van der Waals surface area contributed by atoms with Gasteiger partial charge in [-0.25, -0.2) is 9.18 Å². The number of urea groups is 1. The van der Waals surface area contributed by atoms with E-state index in [1.807, 2.05) is 6.07 Å². The number of nitrogens with one attached hydrogen (secondary N) is 3. The molecule has 0 atom stereocenters. The maximum absolute atomic E-state index is 13.9. The second kappa shape index (κ2) is 12.0. The summed E-state index contributed by atoms with van der Waals surface area (Å²) in [6.07, 6.45) is 2.15. The highest BCUT2D eigenvalue weighted by Crippen LogP contribution is 2.29. The van der Waals surface area contributed by atoms with Gasteiger partial charge in [0.15, 0.2) is 0 Å². The maximum atomic E-state index is 13.9. The number of carbonyl (C=O) groups is 2. The lowest BCUT2D eigenvalue weighted by atomic mass is 9.98. The highest BCUT2D eigenvalue weighted by molar-refractivity contribution is 6.04. The molecule has 0 aromatic heterocycles. The third-order valence-corrected chi connectivity index (χ3v) is 6.56. The summed E-state index contributed by atoms with van der Waals surface area (Å²) in [6.45, 7) is 8.47. The summed E-state index contributed by atoms with van der Waals surface area (Å²) in [4.78, 5) is 30.2. The number of carbonyl (C=O) groups excluding carboxylic acids is 2. The van der Waals surface area contributed by atoms with E-state index in [-0.39, 0.29) is 11.6 Å². The molecule has 0 radical (unpaired) electrons. The summed E-state index contributed by atoms with van der Waals surface area (Å²) in [6, 6.07) is 10.7. The standard InChI is InChI=1S/C26H34FN5O3/c1-19-8-11-32(12-9-19)24-7-6-20(29-26(34)30-23-5-3-2-4-22(23)27)18-21(24)25(33)28-10-13-31-14-16-35-17-15-31/h2-7,18-19H,8-17H2,1H3,(H,28,33)(H2,29,30,34). The van der Waals surface area contributed by atoms with Crippen LogP contribution in [0.3, 0.4) is 0 Å². The Labute approximate surface area is 205 Å². The Morgan fingerprint density at radius 2 is 1.77 bits per heavy atom. The highest BCUT2D eigenvalue weighted by atomic mass is 19.1. The van der Waals surface area contributed by atoms with Crippen LogP contribution in [0.25, 0.3) is 0 Å². The third kappa shape index (κ3) is 6.93. The Bertz CT molecular complexity index is 1020. The monoisotopic (exact) mass is 483 g/mol. The highest BCUT2D eigenvalue weighted by Gasteiger charge is 2.22. The van der Waals surface area contributed by atoms with Gasteiger partial charge in [-0.05, 0) is 49.1 Å². The number of ether oxygens (including phenoxy) is 1. The Balaban J connectivity index is 1.46. The predicted molar refractivity (Wildman–Crippen MR) is 136 cm³/mol. The fraction of sp³-hybridized carbons (Fsp3) is 0.462. The fourth-order valence-corrected chi connectivity index (χ4v) is 4.42. The maximum Gasteiger partial charge on any atom is 0.323 e. The number of hydrogen-bond donors (Lipinski definition) is 3. The average Bonchev–Trinajstić information content (AvgIpc) is 2.86. The van der Waals surface area contributed by atoms with Crippen molar-refractivity contribution >= 4 is 29.0 Å². The van der Waals surface area contributed by atoms with E-state index in [1.165, 1.54) is 12.1 Å². The lowest BCUT2D eigenvalue weighted by Gasteiger charge is -2.33. The molecule has 9 heteroatoms. The van der Waals surface area contributed by atoms with Crippen LogP contribution in [0.1, 0.15) is 30.1 Å². The molecule has 8 nitrogen and oxygen atoms in total. The van der Waals surface area contributed by atoms with Crippen LogP contribution in [0, 0.1) is 11.7 Å². The number of amides is 3. The molecule has 2 heterocycles. The van der Waals surface area contributed by atoms with Gasteiger partial charge in [-0.15, -0.1) is 0 Å². The molecule has 3 N–H and O–H groups in total. The SMILES string of the molecule is CC1CCN(c2ccc(NC(=O)Nc3ccccc3F)cc2C(=O)NCCN2CCOCC2)CC1. The van der Waals surface area contributed by atoms with Gasteiger partial charge in [-0.1, -0.05) is 19.1 Å². The zero-order chi connectivity index (χ0) is 24.6. The van der Waals surface area contributed by atoms with E-state index in [1.54, 1.807) is 24.3 Å². The minimum atomic E-state index is -0.576. The number of hydrogen-bond acceptors (Lipinski definition) is 5. The van der Waals surface area contributed by atoms with Gasteiger partial charge in [0.05, 0.1) is 24.5 Å². The molecule has 0 bridgehead atoms. The van der Waals surface area contributed by atoms with Crippen LogP contribution >= 0.6 is 0 Å². The number of nitrogens with zero attached hydrogens (tertiary/aromatic N) is 2. The number of benzene rings is 2. The predicted octanol–water partition coefficient (Wildman–Crippen LogP) is 3.77. The van der Waals surface area contributed by atoms with Gasteiger partial charge in [-0.3, -0.25) is 9.69 Å². The van der Waals surface area contributed by atoms with Gasteiger partial charge in [-0.2, -0.15) is 0 Å². The van der Waals surface area contributed by atoms with E-state index in [0.717, 1.165) is 51.3 Å². The summed E-state index contributed by atoms with van der Waals surface area (Å²) in [5.74, 6) is -0.0252. The summed E-state index contributed by atoms with van der Waals surface area (Å²) in [5.41, 5.74) is 1.93. The Morgan fingerprint density at radius 3 is 2.51 bits per heavy atom. The molecule has 2 aromatic rings. The van der Waals surface area contributed by atoms with Crippen molar-refractivity contribution in [3.05, 3.63) is 53.8 Å². The van der Waals surface area contributed by atoms with E-state index in [0.29, 0.717) is 36.9 Å². The molecule has 2 aliphatic rings. The normalized spacial score (nSPS) is 17.1. The van der Waals surface area contributed by atoms with Crippen LogP contribution < -0.4 is 20.9 Å². The first-order chi connectivity index (χ1) is 17.0. The molecule has 0 spiro atoms. The zero-order valence-electron chi connectivity index (χ0n) is 20.2. The molecular formula is C26H34FN5O3. The van der Waals surface area contributed by atoms with E-state index in [4.69, 9.17) is 4.74 Å². The molecule has 0 saturated carbocycles. The van der Waals surface area contributed by atoms with Crippen LogP contribution in [-0.2, 0) is 4.74 Å². The Hall–Kier alpha value is -3.17.